The van der Waals surface area contributed by atoms with Crippen LogP contribution in [0.2, 0.25) is 0 Å². The Morgan fingerprint density at radius 1 is 0.339 bits per heavy atom. The fourth-order valence-electron chi connectivity index (χ4n) is 5.76. The first-order valence-electron chi connectivity index (χ1n) is 19.4. The molecule has 0 aliphatic carbocycles. The molecule has 6 aromatic rings. The van der Waals surface area contributed by atoms with E-state index in [0.717, 1.165) is 26.1 Å². The Balaban J connectivity index is 0.922. The molecule has 6 rings (SSSR count). The summed E-state index contributed by atoms with van der Waals surface area (Å²) in [6, 6.07) is 35.5. The maximum Gasteiger partial charge on any atom is 0.0701 e. The second-order valence-corrected chi connectivity index (χ2v) is 17.3. The quantitative estimate of drug-likeness (QED) is 0.0401. The SMILES string of the molecule is CCOCCOCCOCCc1ccc(-c2ccc(-c3ccc(C=Cc4ccc(-c5ccc(-c6ccc(CCOCCOCCOCC)s6)s5)cc4)cc3)s2)s1. The third kappa shape index (κ3) is 13.7. The maximum absolute atomic E-state index is 5.76. The van der Waals surface area contributed by atoms with Crippen molar-refractivity contribution in [1.82, 2.24) is 0 Å². The number of hydrogen-bond acceptors (Lipinski definition) is 10. The van der Waals surface area contributed by atoms with Crippen molar-refractivity contribution in [2.45, 2.75) is 26.7 Å². The van der Waals surface area contributed by atoms with Gasteiger partial charge in [-0.25, -0.2) is 0 Å². The average Bonchev–Trinajstić information content (AvgIpc) is 4.07. The van der Waals surface area contributed by atoms with Crippen molar-refractivity contribution in [3.8, 4) is 40.4 Å². The molecule has 6 nitrogen and oxygen atoms in total. The van der Waals surface area contributed by atoms with Crippen LogP contribution in [0.15, 0.2) is 97.1 Å². The molecular weight excluding hydrogens is 777 g/mol. The van der Waals surface area contributed by atoms with Gasteiger partial charge in [-0.2, -0.15) is 0 Å². The second kappa shape index (κ2) is 23.8. The largest absolute Gasteiger partial charge is 0.379 e. The summed E-state index contributed by atoms with van der Waals surface area (Å²) < 4.78 is 33.1. The van der Waals surface area contributed by atoms with Crippen molar-refractivity contribution < 1.29 is 28.4 Å². The van der Waals surface area contributed by atoms with Crippen molar-refractivity contribution in [3.05, 3.63) is 118 Å². The molecule has 2 aromatic carbocycles. The van der Waals surface area contributed by atoms with Gasteiger partial charge in [0.15, 0.2) is 0 Å². The number of hydrogen-bond donors (Lipinski definition) is 0. The minimum Gasteiger partial charge on any atom is -0.379 e. The molecule has 0 aliphatic rings. The molecule has 0 bridgehead atoms. The molecule has 4 aromatic heterocycles. The Hall–Kier alpha value is -3.26. The molecule has 0 saturated carbocycles. The fourth-order valence-corrected chi connectivity index (χ4v) is 9.94. The zero-order chi connectivity index (χ0) is 38.6. The van der Waals surface area contributed by atoms with Gasteiger partial charge >= 0.3 is 0 Å². The van der Waals surface area contributed by atoms with E-state index < -0.39 is 0 Å². The minimum absolute atomic E-state index is 0.605. The average molecular weight is 829 g/mol. The molecule has 296 valence electrons. The van der Waals surface area contributed by atoms with Gasteiger partial charge in [0, 0.05) is 65.1 Å². The molecule has 0 amide bonds. The van der Waals surface area contributed by atoms with Gasteiger partial charge in [-0.15, -0.1) is 45.3 Å². The minimum atomic E-state index is 0.605. The van der Waals surface area contributed by atoms with E-state index in [-0.39, 0.29) is 0 Å². The van der Waals surface area contributed by atoms with Crippen LogP contribution in [-0.2, 0) is 41.3 Å². The van der Waals surface area contributed by atoms with Gasteiger partial charge < -0.3 is 28.4 Å². The molecule has 56 heavy (non-hydrogen) atoms. The highest BCUT2D eigenvalue weighted by molar-refractivity contribution is 7.24. The Bertz CT molecular complexity index is 1860. The fraction of sp³-hybridized carbons (Fsp3) is 0.348. The lowest BCUT2D eigenvalue weighted by Gasteiger charge is -2.05. The molecule has 0 N–H and O–H groups in total. The van der Waals surface area contributed by atoms with Crippen molar-refractivity contribution in [3.63, 3.8) is 0 Å². The van der Waals surface area contributed by atoms with Crippen LogP contribution in [0.3, 0.4) is 0 Å². The maximum atomic E-state index is 5.76. The number of rotatable bonds is 26. The zero-order valence-electron chi connectivity index (χ0n) is 32.4. The molecule has 0 spiro atoms. The van der Waals surface area contributed by atoms with E-state index in [4.69, 9.17) is 28.4 Å². The first-order chi connectivity index (χ1) is 27.7. The summed E-state index contributed by atoms with van der Waals surface area (Å²) in [5.41, 5.74) is 4.85. The standard InChI is InChI=1S/C46H52O6S4/c1-3-47-27-29-51-33-31-49-25-23-39-15-17-43(53-39)45-21-19-41(55-45)37-11-7-35(8-12-37)5-6-36-9-13-38(14-10-36)42-20-22-46(56-42)44-18-16-40(54-44)24-26-50-32-34-52-30-28-48-4-2/h5-22H,3-4,23-34H2,1-2H3. The second-order valence-electron chi connectivity index (χ2n) is 12.8. The Morgan fingerprint density at radius 3 is 1.05 bits per heavy atom. The molecule has 10 heteroatoms. The highest BCUT2D eigenvalue weighted by Crippen LogP contribution is 2.39. The Morgan fingerprint density at radius 2 is 0.661 bits per heavy atom. The van der Waals surface area contributed by atoms with Crippen LogP contribution in [0.1, 0.15) is 34.7 Å². The first-order valence-corrected chi connectivity index (χ1v) is 22.7. The van der Waals surface area contributed by atoms with Crippen LogP contribution >= 0.6 is 45.3 Å². The summed E-state index contributed by atoms with van der Waals surface area (Å²) in [6.07, 6.45) is 6.20. The smallest absolute Gasteiger partial charge is 0.0701 e. The number of thiophene rings is 4. The van der Waals surface area contributed by atoms with Crippen LogP contribution in [0.25, 0.3) is 52.5 Å². The van der Waals surface area contributed by atoms with Crippen molar-refractivity contribution in [1.29, 1.82) is 0 Å². The van der Waals surface area contributed by atoms with Gasteiger partial charge in [-0.1, -0.05) is 60.7 Å². The summed E-state index contributed by atoms with van der Waals surface area (Å²) in [5, 5.41) is 0. The lowest BCUT2D eigenvalue weighted by atomic mass is 10.1. The molecule has 0 unspecified atom stereocenters. The molecule has 0 radical (unpaired) electrons. The van der Waals surface area contributed by atoms with Crippen molar-refractivity contribution in [2.24, 2.45) is 0 Å². The molecular formula is C46H52O6S4. The Labute approximate surface area is 348 Å². The van der Waals surface area contributed by atoms with Gasteiger partial charge in [0.2, 0.25) is 0 Å². The molecule has 0 fully saturated rings. The van der Waals surface area contributed by atoms with E-state index >= 15 is 0 Å². The topological polar surface area (TPSA) is 55.4 Å². The van der Waals surface area contributed by atoms with Gasteiger partial charge in [0.25, 0.3) is 0 Å². The van der Waals surface area contributed by atoms with Gasteiger partial charge in [0.05, 0.1) is 66.1 Å². The molecule has 0 aliphatic heterocycles. The van der Waals surface area contributed by atoms with Crippen LogP contribution in [0.5, 0.6) is 0 Å². The van der Waals surface area contributed by atoms with E-state index in [0.29, 0.717) is 66.1 Å². The van der Waals surface area contributed by atoms with Crippen LogP contribution in [0.4, 0.5) is 0 Å². The lowest BCUT2D eigenvalue weighted by molar-refractivity contribution is 0.0176. The molecule has 0 saturated heterocycles. The summed E-state index contributed by atoms with van der Waals surface area (Å²) in [5.74, 6) is 0. The van der Waals surface area contributed by atoms with Crippen LogP contribution < -0.4 is 0 Å². The predicted molar refractivity (Wildman–Crippen MR) is 239 cm³/mol. The van der Waals surface area contributed by atoms with E-state index in [9.17, 15) is 0 Å². The van der Waals surface area contributed by atoms with Crippen LogP contribution in [-0.4, -0.2) is 79.3 Å². The third-order valence-corrected chi connectivity index (χ3v) is 13.7. The van der Waals surface area contributed by atoms with Crippen molar-refractivity contribution in [2.75, 3.05) is 79.3 Å². The third-order valence-electron chi connectivity index (χ3n) is 8.76. The molecule has 0 atom stereocenters. The van der Waals surface area contributed by atoms with Gasteiger partial charge in [-0.05, 0) is 84.6 Å². The van der Waals surface area contributed by atoms with E-state index in [1.807, 2.05) is 59.2 Å². The Kier molecular flexibility index (Phi) is 18.0. The van der Waals surface area contributed by atoms with E-state index in [1.165, 1.54) is 61.3 Å². The van der Waals surface area contributed by atoms with E-state index in [2.05, 4.69) is 109 Å². The lowest BCUT2D eigenvalue weighted by Crippen LogP contribution is -2.10. The van der Waals surface area contributed by atoms with Gasteiger partial charge in [-0.3, -0.25) is 0 Å². The summed E-state index contributed by atoms with van der Waals surface area (Å²) in [4.78, 5) is 10.5. The van der Waals surface area contributed by atoms with Gasteiger partial charge in [0.1, 0.15) is 0 Å². The highest BCUT2D eigenvalue weighted by Gasteiger charge is 2.10. The first kappa shape index (κ1) is 42.3. The van der Waals surface area contributed by atoms with Crippen molar-refractivity contribution >= 4 is 57.5 Å². The monoisotopic (exact) mass is 828 g/mol. The van der Waals surface area contributed by atoms with E-state index in [1.54, 1.807) is 0 Å². The summed E-state index contributed by atoms with van der Waals surface area (Å²) in [6.45, 7) is 11.8. The summed E-state index contributed by atoms with van der Waals surface area (Å²) >= 11 is 7.39. The number of ether oxygens (including phenoxy) is 6. The number of benzene rings is 2. The predicted octanol–water partition coefficient (Wildman–Crippen LogP) is 12.0. The zero-order valence-corrected chi connectivity index (χ0v) is 35.6. The normalized spacial score (nSPS) is 11.7. The summed E-state index contributed by atoms with van der Waals surface area (Å²) in [7, 11) is 0. The van der Waals surface area contributed by atoms with Crippen LogP contribution in [0, 0.1) is 0 Å². The molecule has 4 heterocycles. The highest BCUT2D eigenvalue weighted by atomic mass is 32.1.